The summed E-state index contributed by atoms with van der Waals surface area (Å²) in [4.78, 5) is 12.5. The molecule has 0 bridgehead atoms. The highest BCUT2D eigenvalue weighted by atomic mass is 35.5. The van der Waals surface area contributed by atoms with Crippen molar-refractivity contribution >= 4 is 28.4 Å². The average molecular weight is 321 g/mol. The van der Waals surface area contributed by atoms with E-state index in [1.807, 2.05) is 31.3 Å². The van der Waals surface area contributed by atoms with E-state index < -0.39 is 5.60 Å². The van der Waals surface area contributed by atoms with Gasteiger partial charge in [0.1, 0.15) is 5.69 Å². The van der Waals surface area contributed by atoms with Crippen molar-refractivity contribution in [1.82, 2.24) is 9.88 Å². The summed E-state index contributed by atoms with van der Waals surface area (Å²) in [6.45, 7) is 0.281. The zero-order chi connectivity index (χ0) is 15.7. The van der Waals surface area contributed by atoms with Crippen LogP contribution in [0.4, 0.5) is 0 Å². The first-order valence-corrected chi connectivity index (χ1v) is 8.13. The molecule has 0 atom stereocenters. The van der Waals surface area contributed by atoms with Gasteiger partial charge in [0.15, 0.2) is 0 Å². The van der Waals surface area contributed by atoms with Crippen LogP contribution in [0, 0.1) is 0 Å². The molecule has 5 heteroatoms. The molecule has 0 spiro atoms. The molecule has 0 saturated heterocycles. The first-order valence-electron chi connectivity index (χ1n) is 7.75. The Labute approximate surface area is 135 Å². The number of aliphatic hydroxyl groups is 1. The average Bonchev–Trinajstić information content (AvgIpc) is 2.78. The molecule has 1 aliphatic carbocycles. The minimum Gasteiger partial charge on any atom is -0.388 e. The molecule has 1 saturated carbocycles. The standard InChI is InChI=1S/C17H21ClN2O2/c1-20-13-8-4-3-7-12(13)14(18)15(20)16(21)19-11-17(22)9-5-2-6-10-17/h3-4,7-8,22H,2,5-6,9-11H2,1H3,(H,19,21). The van der Waals surface area contributed by atoms with Crippen LogP contribution in [0.15, 0.2) is 24.3 Å². The molecule has 1 aromatic heterocycles. The molecule has 1 aliphatic rings. The van der Waals surface area contributed by atoms with E-state index in [-0.39, 0.29) is 12.5 Å². The largest absolute Gasteiger partial charge is 0.388 e. The number of para-hydroxylation sites is 1. The van der Waals surface area contributed by atoms with E-state index in [0.717, 1.165) is 43.0 Å². The molecule has 2 aromatic rings. The first kappa shape index (κ1) is 15.4. The van der Waals surface area contributed by atoms with E-state index >= 15 is 0 Å². The fourth-order valence-electron chi connectivity index (χ4n) is 3.31. The summed E-state index contributed by atoms with van der Waals surface area (Å²) in [6, 6.07) is 7.67. The van der Waals surface area contributed by atoms with Crippen molar-refractivity contribution in [2.45, 2.75) is 37.7 Å². The molecule has 3 rings (SSSR count). The van der Waals surface area contributed by atoms with Gasteiger partial charge in [-0.15, -0.1) is 0 Å². The Morgan fingerprint density at radius 1 is 1.32 bits per heavy atom. The van der Waals surface area contributed by atoms with Gasteiger partial charge in [0.2, 0.25) is 0 Å². The van der Waals surface area contributed by atoms with E-state index in [1.54, 1.807) is 4.57 Å². The smallest absolute Gasteiger partial charge is 0.269 e. The van der Waals surface area contributed by atoms with Crippen LogP contribution in [0.3, 0.4) is 0 Å². The molecule has 118 valence electrons. The zero-order valence-electron chi connectivity index (χ0n) is 12.7. The molecule has 1 fully saturated rings. The van der Waals surface area contributed by atoms with Crippen LogP contribution in [0.5, 0.6) is 0 Å². The van der Waals surface area contributed by atoms with Crippen molar-refractivity contribution in [3.63, 3.8) is 0 Å². The van der Waals surface area contributed by atoms with Gasteiger partial charge in [0.25, 0.3) is 5.91 Å². The topological polar surface area (TPSA) is 54.3 Å². The van der Waals surface area contributed by atoms with Crippen molar-refractivity contribution in [3.05, 3.63) is 35.0 Å². The van der Waals surface area contributed by atoms with Gasteiger partial charge in [-0.25, -0.2) is 0 Å². The minimum absolute atomic E-state index is 0.234. The Bertz CT molecular complexity index is 663. The number of hydrogen-bond donors (Lipinski definition) is 2. The fourth-order valence-corrected chi connectivity index (χ4v) is 3.69. The molecule has 22 heavy (non-hydrogen) atoms. The van der Waals surface area contributed by atoms with Crippen molar-refractivity contribution < 1.29 is 9.90 Å². The normalized spacial score (nSPS) is 17.6. The van der Waals surface area contributed by atoms with E-state index in [4.69, 9.17) is 11.6 Å². The number of hydrogen-bond acceptors (Lipinski definition) is 2. The van der Waals surface area contributed by atoms with Crippen LogP contribution in [-0.2, 0) is 7.05 Å². The molecule has 4 nitrogen and oxygen atoms in total. The second-order valence-corrected chi connectivity index (χ2v) is 6.58. The van der Waals surface area contributed by atoms with Crippen molar-refractivity contribution in [1.29, 1.82) is 0 Å². The number of aromatic nitrogens is 1. The highest BCUT2D eigenvalue weighted by Crippen LogP contribution is 2.30. The number of carbonyl (C=O) groups is 1. The Kier molecular flexibility index (Phi) is 4.15. The molecular weight excluding hydrogens is 300 g/mol. The Morgan fingerprint density at radius 2 is 2.00 bits per heavy atom. The van der Waals surface area contributed by atoms with E-state index in [1.165, 1.54) is 0 Å². The number of amides is 1. The van der Waals surface area contributed by atoms with Gasteiger partial charge < -0.3 is 15.0 Å². The molecule has 1 heterocycles. The summed E-state index contributed by atoms with van der Waals surface area (Å²) in [6.07, 6.45) is 4.68. The lowest BCUT2D eigenvalue weighted by atomic mass is 9.85. The van der Waals surface area contributed by atoms with Crippen molar-refractivity contribution in [2.24, 2.45) is 7.05 Å². The molecule has 0 aliphatic heterocycles. The molecule has 2 N–H and O–H groups in total. The molecule has 1 amide bonds. The molecular formula is C17H21ClN2O2. The zero-order valence-corrected chi connectivity index (χ0v) is 13.5. The van der Waals surface area contributed by atoms with E-state index in [0.29, 0.717) is 10.7 Å². The predicted molar refractivity (Wildman–Crippen MR) is 88.3 cm³/mol. The third-order valence-electron chi connectivity index (χ3n) is 4.62. The number of nitrogens with zero attached hydrogens (tertiary/aromatic N) is 1. The van der Waals surface area contributed by atoms with Crippen LogP contribution >= 0.6 is 11.6 Å². The highest BCUT2D eigenvalue weighted by molar-refractivity contribution is 6.38. The molecule has 0 radical (unpaired) electrons. The third kappa shape index (κ3) is 2.73. The molecule has 0 unspecified atom stereocenters. The quantitative estimate of drug-likeness (QED) is 0.912. The lowest BCUT2D eigenvalue weighted by Crippen LogP contribution is -2.44. The number of halogens is 1. The van der Waals surface area contributed by atoms with E-state index in [2.05, 4.69) is 5.32 Å². The second-order valence-electron chi connectivity index (χ2n) is 6.21. The number of fused-ring (bicyclic) bond motifs is 1. The van der Waals surface area contributed by atoms with E-state index in [9.17, 15) is 9.90 Å². The highest BCUT2D eigenvalue weighted by Gasteiger charge is 2.30. The van der Waals surface area contributed by atoms with Gasteiger partial charge in [0, 0.05) is 24.5 Å². The fraction of sp³-hybridized carbons (Fsp3) is 0.471. The number of nitrogens with one attached hydrogen (secondary N) is 1. The summed E-state index contributed by atoms with van der Waals surface area (Å²) in [5.74, 6) is -0.234. The number of benzene rings is 1. The summed E-state index contributed by atoms with van der Waals surface area (Å²) >= 11 is 6.37. The maximum atomic E-state index is 12.5. The van der Waals surface area contributed by atoms with Crippen molar-refractivity contribution in [3.8, 4) is 0 Å². The molecule has 1 aromatic carbocycles. The number of aryl methyl sites for hydroxylation is 1. The predicted octanol–water partition coefficient (Wildman–Crippen LogP) is 3.26. The Morgan fingerprint density at radius 3 is 2.68 bits per heavy atom. The number of carbonyl (C=O) groups excluding carboxylic acids is 1. The second kappa shape index (κ2) is 5.94. The van der Waals surface area contributed by atoms with Gasteiger partial charge in [-0.2, -0.15) is 0 Å². The monoisotopic (exact) mass is 320 g/mol. The van der Waals surface area contributed by atoms with Crippen molar-refractivity contribution in [2.75, 3.05) is 6.54 Å². The van der Waals surface area contributed by atoms with Gasteiger partial charge in [-0.3, -0.25) is 4.79 Å². The number of rotatable bonds is 3. The summed E-state index contributed by atoms with van der Waals surface area (Å²) in [7, 11) is 1.83. The van der Waals surface area contributed by atoms with Crippen LogP contribution in [0.1, 0.15) is 42.6 Å². The summed E-state index contributed by atoms with van der Waals surface area (Å²) in [5.41, 5.74) is 0.599. The third-order valence-corrected chi connectivity index (χ3v) is 5.01. The lowest BCUT2D eigenvalue weighted by Gasteiger charge is -2.32. The summed E-state index contributed by atoms with van der Waals surface area (Å²) in [5, 5.41) is 14.7. The van der Waals surface area contributed by atoms with Crippen LogP contribution in [0.25, 0.3) is 10.9 Å². The Balaban J connectivity index is 1.81. The van der Waals surface area contributed by atoms with Crippen LogP contribution in [-0.4, -0.2) is 27.7 Å². The SMILES string of the molecule is Cn1c(C(=O)NCC2(O)CCCCC2)c(Cl)c2ccccc21. The maximum absolute atomic E-state index is 12.5. The maximum Gasteiger partial charge on any atom is 0.269 e. The summed E-state index contributed by atoms with van der Waals surface area (Å²) < 4.78 is 1.80. The van der Waals surface area contributed by atoms with Gasteiger partial charge in [0.05, 0.1) is 10.6 Å². The van der Waals surface area contributed by atoms with Crippen LogP contribution < -0.4 is 5.32 Å². The van der Waals surface area contributed by atoms with Crippen LogP contribution in [0.2, 0.25) is 5.02 Å². The van der Waals surface area contributed by atoms with Gasteiger partial charge >= 0.3 is 0 Å². The Hall–Kier alpha value is -1.52. The minimum atomic E-state index is -0.773. The first-order chi connectivity index (χ1) is 10.5. The van der Waals surface area contributed by atoms with Gasteiger partial charge in [-0.05, 0) is 18.9 Å². The van der Waals surface area contributed by atoms with Gasteiger partial charge in [-0.1, -0.05) is 49.1 Å². The lowest BCUT2D eigenvalue weighted by molar-refractivity contribution is 0.00518.